The molecule has 0 aliphatic carbocycles. The van der Waals surface area contributed by atoms with E-state index in [0.29, 0.717) is 23.6 Å². The molecule has 0 radical (unpaired) electrons. The average molecular weight is 260 g/mol. The molecular formula is C14H16N2O3. The van der Waals surface area contributed by atoms with Crippen molar-refractivity contribution < 1.29 is 14.6 Å². The molecule has 0 aliphatic rings. The number of carbonyl (C=O) groups is 1. The molecule has 1 aromatic carbocycles. The Morgan fingerprint density at radius 3 is 2.84 bits per heavy atom. The monoisotopic (exact) mass is 260 g/mol. The normalized spacial score (nSPS) is 10.4. The van der Waals surface area contributed by atoms with E-state index in [1.54, 1.807) is 31.4 Å². The topological polar surface area (TPSA) is 71.5 Å². The lowest BCUT2D eigenvalue weighted by Gasteiger charge is -2.10. The molecule has 2 N–H and O–H groups in total. The molecule has 100 valence electrons. The van der Waals surface area contributed by atoms with Crippen LogP contribution in [0.2, 0.25) is 0 Å². The number of nitrogens with one attached hydrogen (secondary N) is 1. The standard InChI is InChI=1S/C14H16N2O3/c1-3-6-15-13-11(14(17)18)7-9-4-5-10(19-2)8-12(9)16-13/h4-5,7-8H,3,6H2,1-2H3,(H,15,16)(H,17,18). The van der Waals surface area contributed by atoms with Crippen LogP contribution >= 0.6 is 0 Å². The summed E-state index contributed by atoms with van der Waals surface area (Å²) < 4.78 is 5.14. The van der Waals surface area contributed by atoms with Crippen molar-refractivity contribution in [3.63, 3.8) is 0 Å². The molecule has 5 heteroatoms. The SMILES string of the molecule is CCCNc1nc2cc(OC)ccc2cc1C(=O)O. The minimum atomic E-state index is -0.983. The van der Waals surface area contributed by atoms with E-state index in [4.69, 9.17) is 4.74 Å². The maximum Gasteiger partial charge on any atom is 0.339 e. The zero-order valence-corrected chi connectivity index (χ0v) is 10.9. The fourth-order valence-corrected chi connectivity index (χ4v) is 1.82. The lowest BCUT2D eigenvalue weighted by molar-refractivity contribution is 0.0698. The molecule has 0 unspecified atom stereocenters. The Morgan fingerprint density at radius 1 is 1.42 bits per heavy atom. The van der Waals surface area contributed by atoms with Gasteiger partial charge in [-0.05, 0) is 24.6 Å². The van der Waals surface area contributed by atoms with Crippen molar-refractivity contribution in [2.75, 3.05) is 19.0 Å². The van der Waals surface area contributed by atoms with Gasteiger partial charge < -0.3 is 15.2 Å². The fraction of sp³-hybridized carbons (Fsp3) is 0.286. The number of carboxylic acid groups (broad SMARTS) is 1. The number of methoxy groups -OCH3 is 1. The third-order valence-electron chi connectivity index (χ3n) is 2.80. The van der Waals surface area contributed by atoms with E-state index in [1.807, 2.05) is 6.92 Å². The second-order valence-corrected chi connectivity index (χ2v) is 4.18. The van der Waals surface area contributed by atoms with Crippen LogP contribution in [-0.4, -0.2) is 29.7 Å². The molecule has 0 atom stereocenters. The number of pyridine rings is 1. The second kappa shape index (κ2) is 5.56. The van der Waals surface area contributed by atoms with Gasteiger partial charge in [0.25, 0.3) is 0 Å². The molecule has 19 heavy (non-hydrogen) atoms. The fourth-order valence-electron chi connectivity index (χ4n) is 1.82. The summed E-state index contributed by atoms with van der Waals surface area (Å²) in [6, 6.07) is 7.01. The van der Waals surface area contributed by atoms with Gasteiger partial charge in [-0.25, -0.2) is 9.78 Å². The van der Waals surface area contributed by atoms with Gasteiger partial charge >= 0.3 is 5.97 Å². The highest BCUT2D eigenvalue weighted by Crippen LogP contribution is 2.24. The number of ether oxygens (including phenoxy) is 1. The van der Waals surface area contributed by atoms with E-state index >= 15 is 0 Å². The molecule has 1 heterocycles. The molecule has 0 spiro atoms. The maximum absolute atomic E-state index is 11.2. The molecule has 0 aliphatic heterocycles. The highest BCUT2D eigenvalue weighted by molar-refractivity contribution is 5.98. The molecule has 5 nitrogen and oxygen atoms in total. The van der Waals surface area contributed by atoms with Crippen LogP contribution in [0.5, 0.6) is 5.75 Å². The Balaban J connectivity index is 2.55. The van der Waals surface area contributed by atoms with E-state index < -0.39 is 5.97 Å². The van der Waals surface area contributed by atoms with Crippen LogP contribution in [0.4, 0.5) is 5.82 Å². The number of hydrogen-bond donors (Lipinski definition) is 2. The van der Waals surface area contributed by atoms with Gasteiger partial charge in [0, 0.05) is 18.0 Å². The quantitative estimate of drug-likeness (QED) is 0.865. The zero-order valence-electron chi connectivity index (χ0n) is 10.9. The minimum Gasteiger partial charge on any atom is -0.497 e. The van der Waals surface area contributed by atoms with Crippen molar-refractivity contribution in [3.8, 4) is 5.75 Å². The van der Waals surface area contributed by atoms with Gasteiger partial charge in [-0.15, -0.1) is 0 Å². The van der Waals surface area contributed by atoms with Crippen molar-refractivity contribution in [3.05, 3.63) is 29.8 Å². The van der Waals surface area contributed by atoms with Crippen LogP contribution in [-0.2, 0) is 0 Å². The van der Waals surface area contributed by atoms with Crippen LogP contribution in [0.15, 0.2) is 24.3 Å². The molecule has 0 bridgehead atoms. The summed E-state index contributed by atoms with van der Waals surface area (Å²) in [4.78, 5) is 15.6. The van der Waals surface area contributed by atoms with Crippen molar-refractivity contribution in [1.29, 1.82) is 0 Å². The first-order valence-corrected chi connectivity index (χ1v) is 6.11. The Morgan fingerprint density at radius 2 is 2.21 bits per heavy atom. The van der Waals surface area contributed by atoms with Gasteiger partial charge in [0.05, 0.1) is 12.6 Å². The third kappa shape index (κ3) is 2.76. The van der Waals surface area contributed by atoms with Gasteiger partial charge in [0.15, 0.2) is 0 Å². The molecule has 0 saturated heterocycles. The molecule has 0 saturated carbocycles. The van der Waals surface area contributed by atoms with E-state index in [2.05, 4.69) is 10.3 Å². The summed E-state index contributed by atoms with van der Waals surface area (Å²) in [6.45, 7) is 2.69. The van der Waals surface area contributed by atoms with Gasteiger partial charge in [0.2, 0.25) is 0 Å². The molecule has 2 aromatic rings. The number of nitrogens with zero attached hydrogens (tertiary/aromatic N) is 1. The summed E-state index contributed by atoms with van der Waals surface area (Å²) in [5, 5.41) is 13.0. The number of aromatic carboxylic acids is 1. The zero-order chi connectivity index (χ0) is 13.8. The summed E-state index contributed by atoms with van der Waals surface area (Å²) in [5.41, 5.74) is 0.897. The van der Waals surface area contributed by atoms with Crippen molar-refractivity contribution in [2.45, 2.75) is 13.3 Å². The number of carboxylic acids is 1. The van der Waals surface area contributed by atoms with Crippen molar-refractivity contribution in [2.24, 2.45) is 0 Å². The molecule has 1 aromatic heterocycles. The third-order valence-corrected chi connectivity index (χ3v) is 2.80. The Kier molecular flexibility index (Phi) is 3.85. The largest absolute Gasteiger partial charge is 0.497 e. The van der Waals surface area contributed by atoms with E-state index in [1.165, 1.54) is 0 Å². The molecule has 0 amide bonds. The van der Waals surface area contributed by atoms with E-state index in [-0.39, 0.29) is 5.56 Å². The number of hydrogen-bond acceptors (Lipinski definition) is 4. The van der Waals surface area contributed by atoms with Crippen molar-refractivity contribution in [1.82, 2.24) is 4.98 Å². The summed E-state index contributed by atoms with van der Waals surface area (Å²) in [6.07, 6.45) is 0.900. The van der Waals surface area contributed by atoms with Gasteiger partial charge in [-0.2, -0.15) is 0 Å². The average Bonchev–Trinajstić information content (AvgIpc) is 2.43. The second-order valence-electron chi connectivity index (χ2n) is 4.18. The predicted octanol–water partition coefficient (Wildman–Crippen LogP) is 2.76. The lowest BCUT2D eigenvalue weighted by atomic mass is 10.1. The van der Waals surface area contributed by atoms with Gasteiger partial charge in [-0.3, -0.25) is 0 Å². The Hall–Kier alpha value is -2.30. The van der Waals surface area contributed by atoms with E-state index in [9.17, 15) is 9.90 Å². The van der Waals surface area contributed by atoms with Crippen LogP contribution in [0, 0.1) is 0 Å². The number of fused-ring (bicyclic) bond motifs is 1. The number of rotatable bonds is 5. The first-order valence-electron chi connectivity index (χ1n) is 6.11. The van der Waals surface area contributed by atoms with Gasteiger partial charge in [0.1, 0.15) is 17.1 Å². The summed E-state index contributed by atoms with van der Waals surface area (Å²) in [5.74, 6) is 0.114. The summed E-state index contributed by atoms with van der Waals surface area (Å²) in [7, 11) is 1.59. The maximum atomic E-state index is 11.2. The van der Waals surface area contributed by atoms with Crippen LogP contribution in [0.25, 0.3) is 10.9 Å². The number of aromatic nitrogens is 1. The van der Waals surface area contributed by atoms with Crippen molar-refractivity contribution >= 4 is 22.7 Å². The van der Waals surface area contributed by atoms with E-state index in [0.717, 1.165) is 11.8 Å². The highest BCUT2D eigenvalue weighted by Gasteiger charge is 2.13. The highest BCUT2D eigenvalue weighted by atomic mass is 16.5. The number of benzene rings is 1. The first kappa shape index (κ1) is 13.1. The molecule has 2 rings (SSSR count). The van der Waals surface area contributed by atoms with Crippen LogP contribution in [0.1, 0.15) is 23.7 Å². The first-order chi connectivity index (χ1) is 9.15. The molecular weight excluding hydrogens is 244 g/mol. The number of anilines is 1. The van der Waals surface area contributed by atoms with Crippen LogP contribution in [0.3, 0.4) is 0 Å². The smallest absolute Gasteiger partial charge is 0.339 e. The van der Waals surface area contributed by atoms with Gasteiger partial charge in [-0.1, -0.05) is 6.92 Å². The Bertz CT molecular complexity index is 611. The predicted molar refractivity (Wildman–Crippen MR) is 74.0 cm³/mol. The lowest BCUT2D eigenvalue weighted by Crippen LogP contribution is -2.09. The minimum absolute atomic E-state index is 0.186. The Labute approximate surface area is 111 Å². The molecule has 0 fully saturated rings. The summed E-state index contributed by atoms with van der Waals surface area (Å²) >= 11 is 0. The van der Waals surface area contributed by atoms with Crippen LogP contribution < -0.4 is 10.1 Å².